The summed E-state index contributed by atoms with van der Waals surface area (Å²) in [6, 6.07) is 0. The van der Waals surface area contributed by atoms with Crippen molar-refractivity contribution < 1.29 is 9.59 Å². The van der Waals surface area contributed by atoms with Crippen LogP contribution >= 0.6 is 11.8 Å². The number of aliphatic imine (C=N–C) groups is 1. The fourth-order valence-corrected chi connectivity index (χ4v) is 1.87. The van der Waals surface area contributed by atoms with Crippen LogP contribution in [0.15, 0.2) is 52.8 Å². The summed E-state index contributed by atoms with van der Waals surface area (Å²) >= 11 is 1.06. The lowest BCUT2D eigenvalue weighted by Gasteiger charge is -2.18. The van der Waals surface area contributed by atoms with Gasteiger partial charge in [0.2, 0.25) is 11.1 Å². The molecule has 0 saturated carbocycles. The lowest BCUT2D eigenvalue weighted by Crippen LogP contribution is -2.33. The number of carbonyl (C=O) groups is 2. The van der Waals surface area contributed by atoms with Gasteiger partial charge in [-0.25, -0.2) is 0 Å². The molecule has 1 rings (SSSR count). The summed E-state index contributed by atoms with van der Waals surface area (Å²) in [4.78, 5) is 28.3. The lowest BCUT2D eigenvalue weighted by molar-refractivity contribution is -0.127. The number of amides is 2. The van der Waals surface area contributed by atoms with Crippen LogP contribution in [0.4, 0.5) is 0 Å². The van der Waals surface area contributed by atoms with Crippen molar-refractivity contribution in [2.45, 2.75) is 0 Å². The van der Waals surface area contributed by atoms with Gasteiger partial charge in [-0.15, -0.1) is 23.4 Å². The molecule has 2 amide bonds. The third kappa shape index (κ3) is 4.63. The predicted molar refractivity (Wildman–Crippen MR) is 75.9 cm³/mol. The number of amidine groups is 1. The van der Waals surface area contributed by atoms with Crippen LogP contribution in [-0.2, 0) is 9.59 Å². The normalized spacial score (nSPS) is 14.0. The van der Waals surface area contributed by atoms with Crippen molar-refractivity contribution in [3.05, 3.63) is 37.6 Å². The number of hydrogen-bond acceptors (Lipinski definition) is 5. The van der Waals surface area contributed by atoms with Crippen LogP contribution in [0.3, 0.4) is 0 Å². The van der Waals surface area contributed by atoms with E-state index >= 15 is 0 Å². The van der Waals surface area contributed by atoms with Gasteiger partial charge in [0.1, 0.15) is 5.70 Å². The molecule has 0 aromatic heterocycles. The molecule has 6 nitrogen and oxygen atoms in total. The van der Waals surface area contributed by atoms with Crippen molar-refractivity contribution in [2.24, 2.45) is 15.2 Å². The van der Waals surface area contributed by atoms with Gasteiger partial charge in [0.15, 0.2) is 0 Å². The van der Waals surface area contributed by atoms with E-state index in [1.54, 1.807) is 17.1 Å². The fraction of sp³-hybridized carbons (Fsp3) is 0.250. The molecule has 19 heavy (non-hydrogen) atoms. The maximum absolute atomic E-state index is 11.9. The van der Waals surface area contributed by atoms with Crippen LogP contribution in [0, 0.1) is 0 Å². The summed E-state index contributed by atoms with van der Waals surface area (Å²) in [5.41, 5.74) is -0.00406. The summed E-state index contributed by atoms with van der Waals surface area (Å²) in [6.07, 6.45) is 3.27. The first-order chi connectivity index (χ1) is 9.08. The van der Waals surface area contributed by atoms with Gasteiger partial charge in [-0.1, -0.05) is 30.5 Å². The zero-order valence-corrected chi connectivity index (χ0v) is 11.2. The first-order valence-corrected chi connectivity index (χ1v) is 6.43. The van der Waals surface area contributed by atoms with Gasteiger partial charge in [0, 0.05) is 13.1 Å². The summed E-state index contributed by atoms with van der Waals surface area (Å²) < 4.78 is 0. The summed E-state index contributed by atoms with van der Waals surface area (Å²) in [6.45, 7) is 11.4. The molecule has 7 heteroatoms. The molecule has 100 valence electrons. The van der Waals surface area contributed by atoms with Gasteiger partial charge < -0.3 is 4.90 Å². The molecule has 1 aliphatic heterocycles. The monoisotopic (exact) mass is 278 g/mol. The summed E-state index contributed by atoms with van der Waals surface area (Å²) in [7, 11) is 0. The Bertz CT molecular complexity index is 472. The molecule has 0 aromatic rings. The number of thioether (sulfide) groups is 1. The van der Waals surface area contributed by atoms with E-state index in [4.69, 9.17) is 0 Å². The topological polar surface area (TPSA) is 74.5 Å². The zero-order valence-electron chi connectivity index (χ0n) is 10.4. The summed E-state index contributed by atoms with van der Waals surface area (Å²) in [5.74, 6) is -0.516. The Morgan fingerprint density at radius 3 is 2.42 bits per heavy atom. The van der Waals surface area contributed by atoms with Crippen LogP contribution < -0.4 is 0 Å². The molecule has 0 atom stereocenters. The standard InChI is InChI=1S/C12H14N4O2S/c1-4-6-16(7-5-2)10(17)8-19-12-13-11(18)9(3)14-15-12/h4-5H,1-3,6-8H2. The Labute approximate surface area is 115 Å². The second-order valence-corrected chi connectivity index (χ2v) is 4.45. The van der Waals surface area contributed by atoms with E-state index in [1.165, 1.54) is 0 Å². The maximum atomic E-state index is 11.9. The van der Waals surface area contributed by atoms with Crippen molar-refractivity contribution in [3.63, 3.8) is 0 Å². The van der Waals surface area contributed by atoms with Gasteiger partial charge in [0.25, 0.3) is 5.91 Å². The SMILES string of the molecule is C=CCN(CC=C)C(=O)CSC1=NC(=O)C(=C)N=N1. The van der Waals surface area contributed by atoms with Gasteiger partial charge in [-0.2, -0.15) is 4.99 Å². The van der Waals surface area contributed by atoms with E-state index < -0.39 is 5.91 Å². The van der Waals surface area contributed by atoms with Crippen LogP contribution in [0.2, 0.25) is 0 Å². The van der Waals surface area contributed by atoms with E-state index in [-0.39, 0.29) is 22.5 Å². The van der Waals surface area contributed by atoms with E-state index in [1.807, 2.05) is 0 Å². The van der Waals surface area contributed by atoms with E-state index in [2.05, 4.69) is 35.0 Å². The highest BCUT2D eigenvalue weighted by Crippen LogP contribution is 2.14. The van der Waals surface area contributed by atoms with Crippen molar-refractivity contribution in [3.8, 4) is 0 Å². The van der Waals surface area contributed by atoms with E-state index in [0.29, 0.717) is 13.1 Å². The van der Waals surface area contributed by atoms with Gasteiger partial charge in [-0.05, 0) is 0 Å². The van der Waals surface area contributed by atoms with Crippen molar-refractivity contribution >= 4 is 28.7 Å². The highest BCUT2D eigenvalue weighted by atomic mass is 32.2. The molecule has 0 saturated heterocycles. The second-order valence-electron chi connectivity index (χ2n) is 3.51. The zero-order chi connectivity index (χ0) is 14.3. The van der Waals surface area contributed by atoms with Crippen LogP contribution in [-0.4, -0.2) is 40.7 Å². The predicted octanol–water partition coefficient (Wildman–Crippen LogP) is 1.78. The largest absolute Gasteiger partial charge is 0.335 e. The molecule has 0 bridgehead atoms. The van der Waals surface area contributed by atoms with Crippen LogP contribution in [0.1, 0.15) is 0 Å². The molecule has 0 aliphatic carbocycles. The molecular weight excluding hydrogens is 264 g/mol. The Morgan fingerprint density at radius 2 is 1.89 bits per heavy atom. The smallest absolute Gasteiger partial charge is 0.299 e. The third-order valence-corrected chi connectivity index (χ3v) is 2.90. The number of azo groups is 1. The number of rotatable bonds is 6. The average Bonchev–Trinajstić information content (AvgIpc) is 2.39. The van der Waals surface area contributed by atoms with E-state index in [9.17, 15) is 9.59 Å². The molecule has 0 N–H and O–H groups in total. The highest BCUT2D eigenvalue weighted by molar-refractivity contribution is 8.14. The maximum Gasteiger partial charge on any atom is 0.299 e. The molecule has 1 aliphatic rings. The van der Waals surface area contributed by atoms with Crippen LogP contribution in [0.25, 0.3) is 0 Å². The molecule has 0 radical (unpaired) electrons. The molecule has 0 unspecified atom stereocenters. The van der Waals surface area contributed by atoms with E-state index in [0.717, 1.165) is 11.8 Å². The minimum Gasteiger partial charge on any atom is -0.335 e. The van der Waals surface area contributed by atoms with Gasteiger partial charge in [0.05, 0.1) is 5.75 Å². The fourth-order valence-electron chi connectivity index (χ4n) is 1.19. The highest BCUT2D eigenvalue weighted by Gasteiger charge is 2.16. The average molecular weight is 278 g/mol. The molecule has 0 spiro atoms. The first kappa shape index (κ1) is 15.0. The number of nitrogens with zero attached hydrogens (tertiary/aromatic N) is 4. The molecular formula is C12H14N4O2S. The number of carbonyl (C=O) groups excluding carboxylic acids is 2. The Morgan fingerprint density at radius 1 is 1.26 bits per heavy atom. The lowest BCUT2D eigenvalue weighted by atomic mass is 10.4. The minimum absolute atomic E-state index is 0.00406. The van der Waals surface area contributed by atoms with Gasteiger partial charge in [-0.3, -0.25) is 9.59 Å². The minimum atomic E-state index is -0.529. The Balaban J connectivity index is 2.54. The van der Waals surface area contributed by atoms with Crippen molar-refractivity contribution in [1.29, 1.82) is 0 Å². The molecule has 0 aromatic carbocycles. The Hall–Kier alpha value is -2.02. The third-order valence-electron chi connectivity index (χ3n) is 2.08. The molecule has 1 heterocycles. The second kappa shape index (κ2) is 7.42. The van der Waals surface area contributed by atoms with Crippen LogP contribution in [0.5, 0.6) is 0 Å². The van der Waals surface area contributed by atoms with Crippen molar-refractivity contribution in [1.82, 2.24) is 4.90 Å². The quantitative estimate of drug-likeness (QED) is 0.549. The van der Waals surface area contributed by atoms with Crippen molar-refractivity contribution in [2.75, 3.05) is 18.8 Å². The number of hydrogen-bond donors (Lipinski definition) is 0. The first-order valence-electron chi connectivity index (χ1n) is 5.44. The van der Waals surface area contributed by atoms with Gasteiger partial charge >= 0.3 is 0 Å². The molecule has 0 fully saturated rings. The summed E-state index contributed by atoms with van der Waals surface area (Å²) in [5, 5.41) is 7.42. The Kier molecular flexibility index (Phi) is 5.87.